The van der Waals surface area contributed by atoms with Gasteiger partial charge in [0.25, 0.3) is 0 Å². The van der Waals surface area contributed by atoms with E-state index in [2.05, 4.69) is 32.9 Å². The summed E-state index contributed by atoms with van der Waals surface area (Å²) in [5.41, 5.74) is 5.63. The highest BCUT2D eigenvalue weighted by Gasteiger charge is 2.18. The minimum absolute atomic E-state index is 0.519. The first-order valence-electron chi connectivity index (χ1n) is 6.16. The van der Waals surface area contributed by atoms with Crippen LogP contribution in [-0.4, -0.2) is 11.7 Å². The van der Waals surface area contributed by atoms with E-state index < -0.39 is 6.10 Å². The van der Waals surface area contributed by atoms with E-state index in [9.17, 15) is 5.11 Å². The molecule has 1 heterocycles. The highest BCUT2D eigenvalue weighted by molar-refractivity contribution is 5.40. The second-order valence-electron chi connectivity index (χ2n) is 4.86. The van der Waals surface area contributed by atoms with Crippen molar-refractivity contribution in [3.8, 4) is 0 Å². The first-order chi connectivity index (χ1) is 8.09. The number of aryl methyl sites for hydroxylation is 3. The summed E-state index contributed by atoms with van der Waals surface area (Å²) >= 11 is 0. The number of rotatable bonds is 2. The lowest BCUT2D eigenvalue weighted by molar-refractivity contribution is 0.170. The fourth-order valence-electron chi connectivity index (χ4n) is 2.26. The summed E-state index contributed by atoms with van der Waals surface area (Å²) in [6.45, 7) is 7.00. The second kappa shape index (κ2) is 4.92. The van der Waals surface area contributed by atoms with Crippen molar-refractivity contribution in [2.24, 2.45) is 0 Å². The second-order valence-corrected chi connectivity index (χ2v) is 4.86. The lowest BCUT2D eigenvalue weighted by Gasteiger charge is -2.21. The van der Waals surface area contributed by atoms with E-state index in [0.717, 1.165) is 36.1 Å². The van der Waals surface area contributed by atoms with Gasteiger partial charge in [-0.05, 0) is 61.4 Å². The molecule has 0 aromatic heterocycles. The van der Waals surface area contributed by atoms with Crippen LogP contribution >= 0.6 is 0 Å². The third kappa shape index (κ3) is 2.52. The molecule has 92 valence electrons. The molecule has 1 atom stereocenters. The van der Waals surface area contributed by atoms with Gasteiger partial charge in [0.1, 0.15) is 6.10 Å². The van der Waals surface area contributed by atoms with Crippen LogP contribution in [0.2, 0.25) is 0 Å². The van der Waals surface area contributed by atoms with E-state index in [0.29, 0.717) is 0 Å². The predicted molar refractivity (Wildman–Crippen MR) is 68.9 cm³/mol. The molecule has 1 N–H and O–H groups in total. The van der Waals surface area contributed by atoms with Crippen molar-refractivity contribution in [2.75, 3.05) is 6.61 Å². The molecule has 0 radical (unpaired) electrons. The molecule has 1 aromatic rings. The van der Waals surface area contributed by atoms with Crippen molar-refractivity contribution >= 4 is 0 Å². The Morgan fingerprint density at radius 2 is 1.82 bits per heavy atom. The molecule has 2 nitrogen and oxygen atoms in total. The lowest BCUT2D eigenvalue weighted by Crippen LogP contribution is -2.09. The zero-order valence-corrected chi connectivity index (χ0v) is 10.8. The molecule has 0 saturated carbocycles. The molecule has 0 aliphatic carbocycles. The largest absolute Gasteiger partial charge is 0.501 e. The number of hydrogen-bond donors (Lipinski definition) is 1. The van der Waals surface area contributed by atoms with Gasteiger partial charge in [-0.15, -0.1) is 0 Å². The van der Waals surface area contributed by atoms with Crippen molar-refractivity contribution in [1.29, 1.82) is 0 Å². The third-order valence-corrected chi connectivity index (χ3v) is 3.49. The van der Waals surface area contributed by atoms with Crippen LogP contribution in [0.25, 0.3) is 0 Å². The molecular formula is C15H20O2. The van der Waals surface area contributed by atoms with Crippen LogP contribution < -0.4 is 0 Å². The van der Waals surface area contributed by atoms with Gasteiger partial charge in [-0.2, -0.15) is 0 Å². The summed E-state index contributed by atoms with van der Waals surface area (Å²) in [4.78, 5) is 0. The van der Waals surface area contributed by atoms with E-state index in [1.54, 1.807) is 6.26 Å². The molecule has 0 fully saturated rings. The Kier molecular flexibility index (Phi) is 3.53. The average Bonchev–Trinajstić information content (AvgIpc) is 2.34. The van der Waals surface area contributed by atoms with Crippen molar-refractivity contribution in [3.63, 3.8) is 0 Å². The van der Waals surface area contributed by atoms with Crippen LogP contribution in [0.3, 0.4) is 0 Å². The molecule has 17 heavy (non-hydrogen) atoms. The minimum Gasteiger partial charge on any atom is -0.501 e. The summed E-state index contributed by atoms with van der Waals surface area (Å²) in [5.74, 6) is 0. The summed E-state index contributed by atoms with van der Waals surface area (Å²) in [6.07, 6.45) is 3.12. The molecule has 1 aliphatic heterocycles. The van der Waals surface area contributed by atoms with Crippen LogP contribution in [-0.2, 0) is 4.74 Å². The van der Waals surface area contributed by atoms with Crippen LogP contribution in [0, 0.1) is 20.8 Å². The topological polar surface area (TPSA) is 29.5 Å². The van der Waals surface area contributed by atoms with Gasteiger partial charge in [-0.3, -0.25) is 0 Å². The zero-order chi connectivity index (χ0) is 12.4. The maximum absolute atomic E-state index is 10.4. The van der Waals surface area contributed by atoms with Crippen LogP contribution in [0.5, 0.6) is 0 Å². The van der Waals surface area contributed by atoms with Crippen LogP contribution in [0.1, 0.15) is 41.2 Å². The Hall–Kier alpha value is -1.28. The Labute approximate surface area is 103 Å². The van der Waals surface area contributed by atoms with Gasteiger partial charge in [0.15, 0.2) is 0 Å². The molecule has 1 aliphatic rings. The van der Waals surface area contributed by atoms with Gasteiger partial charge in [-0.1, -0.05) is 12.1 Å². The van der Waals surface area contributed by atoms with E-state index in [1.165, 1.54) is 11.1 Å². The lowest BCUT2D eigenvalue weighted by atomic mass is 9.92. The van der Waals surface area contributed by atoms with E-state index in [-0.39, 0.29) is 0 Å². The first kappa shape index (κ1) is 12.2. The Morgan fingerprint density at radius 1 is 1.12 bits per heavy atom. The number of hydrogen-bond acceptors (Lipinski definition) is 2. The summed E-state index contributed by atoms with van der Waals surface area (Å²) in [7, 11) is 0. The van der Waals surface area contributed by atoms with E-state index in [4.69, 9.17) is 4.74 Å². The molecule has 0 spiro atoms. The third-order valence-electron chi connectivity index (χ3n) is 3.49. The van der Waals surface area contributed by atoms with Gasteiger partial charge < -0.3 is 9.84 Å². The Morgan fingerprint density at radius 3 is 2.47 bits per heavy atom. The highest BCUT2D eigenvalue weighted by Crippen LogP contribution is 2.30. The molecule has 0 saturated heterocycles. The van der Waals surface area contributed by atoms with Gasteiger partial charge in [-0.25, -0.2) is 0 Å². The number of benzene rings is 1. The normalized spacial score (nSPS) is 17.3. The fourth-order valence-corrected chi connectivity index (χ4v) is 2.26. The van der Waals surface area contributed by atoms with Crippen molar-refractivity contribution < 1.29 is 9.84 Å². The summed E-state index contributed by atoms with van der Waals surface area (Å²) in [5, 5.41) is 10.4. The molecule has 2 rings (SSSR count). The van der Waals surface area contributed by atoms with Crippen molar-refractivity contribution in [2.45, 2.75) is 39.7 Å². The fraction of sp³-hybridized carbons (Fsp3) is 0.467. The summed E-state index contributed by atoms with van der Waals surface area (Å²) < 4.78 is 5.30. The van der Waals surface area contributed by atoms with Crippen molar-refractivity contribution in [1.82, 2.24) is 0 Å². The van der Waals surface area contributed by atoms with E-state index >= 15 is 0 Å². The smallest absolute Gasteiger partial charge is 0.104 e. The molecule has 0 bridgehead atoms. The molecule has 2 heteroatoms. The van der Waals surface area contributed by atoms with Crippen molar-refractivity contribution in [3.05, 3.63) is 46.2 Å². The van der Waals surface area contributed by atoms with Crippen LogP contribution in [0.4, 0.5) is 0 Å². The van der Waals surface area contributed by atoms with Crippen LogP contribution in [0.15, 0.2) is 24.0 Å². The number of aliphatic hydroxyl groups excluding tert-OH is 1. The zero-order valence-electron chi connectivity index (χ0n) is 10.8. The van der Waals surface area contributed by atoms with Gasteiger partial charge in [0, 0.05) is 0 Å². The SMILES string of the molecule is Cc1cc(C)c(C(O)C2=COCCC2)cc1C. The van der Waals surface area contributed by atoms with Gasteiger partial charge in [0.05, 0.1) is 12.9 Å². The molecule has 1 aromatic carbocycles. The molecule has 1 unspecified atom stereocenters. The summed E-state index contributed by atoms with van der Waals surface area (Å²) in [6, 6.07) is 4.23. The minimum atomic E-state index is -0.519. The maximum atomic E-state index is 10.4. The Bertz CT molecular complexity index is 446. The predicted octanol–water partition coefficient (Wildman–Crippen LogP) is 3.34. The number of aliphatic hydroxyl groups is 1. The average molecular weight is 232 g/mol. The van der Waals surface area contributed by atoms with Gasteiger partial charge in [0.2, 0.25) is 0 Å². The maximum Gasteiger partial charge on any atom is 0.104 e. The number of ether oxygens (including phenoxy) is 1. The molecular weight excluding hydrogens is 212 g/mol. The van der Waals surface area contributed by atoms with Gasteiger partial charge >= 0.3 is 0 Å². The first-order valence-corrected chi connectivity index (χ1v) is 6.16. The highest BCUT2D eigenvalue weighted by atomic mass is 16.5. The monoisotopic (exact) mass is 232 g/mol. The Balaban J connectivity index is 2.33. The quantitative estimate of drug-likeness (QED) is 0.847. The molecule has 0 amide bonds. The van der Waals surface area contributed by atoms with E-state index in [1.807, 2.05) is 0 Å². The standard InChI is InChI=1S/C15H20O2/c1-10-7-12(3)14(8-11(10)2)15(16)13-5-4-6-17-9-13/h7-9,15-16H,4-6H2,1-3H3.